The molecule has 0 aromatic heterocycles. The van der Waals surface area contributed by atoms with Crippen LogP contribution in [0.5, 0.6) is 0 Å². The van der Waals surface area contributed by atoms with Crippen molar-refractivity contribution in [1.29, 1.82) is 0 Å². The number of aliphatic hydroxyl groups excluding tert-OH is 2. The summed E-state index contributed by atoms with van der Waals surface area (Å²) in [6, 6.07) is 7.60. The molecule has 0 saturated carbocycles. The number of carbonyl (C=O) groups is 1. The zero-order valence-corrected chi connectivity index (χ0v) is 34.4. The third-order valence-corrected chi connectivity index (χ3v) is 11.9. The van der Waals surface area contributed by atoms with E-state index in [0.29, 0.717) is 13.0 Å². The van der Waals surface area contributed by atoms with Gasteiger partial charge in [0.05, 0.1) is 35.9 Å². The lowest BCUT2D eigenvalue weighted by molar-refractivity contribution is -0.311. The summed E-state index contributed by atoms with van der Waals surface area (Å²) < 4.78 is 27.1. The Bertz CT molecular complexity index is 1220. The third-order valence-electron chi connectivity index (χ3n) is 11.1. The number of hydrogen-bond donors (Lipinski definition) is 4. The van der Waals surface area contributed by atoms with Gasteiger partial charge in [-0.1, -0.05) is 32.9 Å². The van der Waals surface area contributed by atoms with Gasteiger partial charge in [-0.3, -0.25) is 4.79 Å². The van der Waals surface area contributed by atoms with Crippen molar-refractivity contribution in [3.63, 3.8) is 0 Å². The number of cyclic esters (lactones) is 1. The normalized spacial score (nSPS) is 42.4. The first-order chi connectivity index (χ1) is 23.1. The predicted molar refractivity (Wildman–Crippen MR) is 201 cm³/mol. The van der Waals surface area contributed by atoms with Crippen molar-refractivity contribution in [3.05, 3.63) is 33.4 Å². The minimum Gasteiger partial charge on any atom is -0.459 e. The van der Waals surface area contributed by atoms with Gasteiger partial charge < -0.3 is 49.2 Å². The maximum atomic E-state index is 13.6. The van der Waals surface area contributed by atoms with Crippen LogP contribution in [0.25, 0.3) is 0 Å². The number of likely N-dealkylation sites (N-methyl/N-ethyl adjacent to an activating group) is 2. The fourth-order valence-electron chi connectivity index (χ4n) is 7.92. The second-order valence-corrected chi connectivity index (χ2v) is 17.2. The molecule has 2 fully saturated rings. The monoisotopic (exact) mass is 820 g/mol. The average Bonchev–Trinajstić information content (AvgIpc) is 3.04. The van der Waals surface area contributed by atoms with Gasteiger partial charge in [0.1, 0.15) is 23.9 Å². The van der Waals surface area contributed by atoms with E-state index in [0.717, 1.165) is 9.13 Å². The molecule has 2 saturated heterocycles. The number of benzene rings is 1. The number of ether oxygens (including phenoxy) is 4. The summed E-state index contributed by atoms with van der Waals surface area (Å²) >= 11 is 2.28. The quantitative estimate of drug-likeness (QED) is 0.231. The molecule has 0 radical (unpaired) electrons. The zero-order valence-electron chi connectivity index (χ0n) is 32.2. The predicted octanol–water partition coefficient (Wildman–Crippen LogP) is 4.37. The highest BCUT2D eigenvalue weighted by Crippen LogP contribution is 2.38. The minimum absolute atomic E-state index is 0.0735. The summed E-state index contributed by atoms with van der Waals surface area (Å²) in [6.07, 6.45) is -5.22. The van der Waals surface area contributed by atoms with E-state index >= 15 is 0 Å². The van der Waals surface area contributed by atoms with Gasteiger partial charge in [-0.25, -0.2) is 0 Å². The van der Waals surface area contributed by atoms with E-state index in [1.54, 1.807) is 27.7 Å². The Kier molecular flexibility index (Phi) is 15.6. The van der Waals surface area contributed by atoms with E-state index in [9.17, 15) is 25.2 Å². The fourth-order valence-corrected chi connectivity index (χ4v) is 8.28. The molecular weight excluding hydrogens is 755 g/mol. The molecule has 15 atom stereocenters. The average molecular weight is 821 g/mol. The highest BCUT2D eigenvalue weighted by molar-refractivity contribution is 14.1. The summed E-state index contributed by atoms with van der Waals surface area (Å²) in [7, 11) is 5.86. The Balaban J connectivity index is 2.06. The number of hydrogen-bond acceptors (Lipinski definition) is 11. The van der Waals surface area contributed by atoms with Crippen LogP contribution >= 0.6 is 22.6 Å². The molecule has 50 heavy (non-hydrogen) atoms. The lowest BCUT2D eigenvalue weighted by Crippen LogP contribution is -2.60. The van der Waals surface area contributed by atoms with Crippen LogP contribution in [0.15, 0.2) is 24.3 Å². The van der Waals surface area contributed by atoms with Gasteiger partial charge in [-0.2, -0.15) is 0 Å². The lowest BCUT2D eigenvalue weighted by atomic mass is 9.78. The van der Waals surface area contributed by atoms with E-state index in [4.69, 9.17) is 18.9 Å². The molecule has 2 heterocycles. The van der Waals surface area contributed by atoms with Gasteiger partial charge in [-0.15, -0.1) is 0 Å². The summed E-state index contributed by atoms with van der Waals surface area (Å²) in [5, 5.41) is 47.0. The highest BCUT2D eigenvalue weighted by atomic mass is 127. The zero-order chi connectivity index (χ0) is 37.9. The first kappa shape index (κ1) is 43.5. The van der Waals surface area contributed by atoms with Crippen LogP contribution < -0.4 is 0 Å². The second-order valence-electron chi connectivity index (χ2n) is 15.9. The molecule has 1 aromatic rings. The molecule has 2 aliphatic rings. The van der Waals surface area contributed by atoms with Crippen LogP contribution in [0.2, 0.25) is 0 Å². The maximum absolute atomic E-state index is 13.6. The number of nitrogens with zero attached hydrogens (tertiary/aromatic N) is 2. The molecule has 3 rings (SSSR count). The second kappa shape index (κ2) is 17.9. The lowest BCUT2D eigenvalue weighted by Gasteiger charge is -2.48. The number of aliphatic hydroxyl groups is 4. The molecule has 1 aromatic carbocycles. The first-order valence-corrected chi connectivity index (χ1v) is 19.3. The van der Waals surface area contributed by atoms with Gasteiger partial charge >= 0.3 is 5.97 Å². The molecular formula is C38H65IN2O9. The largest absolute Gasteiger partial charge is 0.459 e. The standard InChI is InChI=1S/C38H65IN2O9/c1-13-30-38(9,46)33(43)25(6)41(12)20-21(2)19-37(8,45)34(23(4)31(42)24(5)35(44)49-30)50-36-32(29(40(10)11)18-22(3)47-36)48-26(7)27-14-16-28(39)17-15-27/h14-17,21-26,29-34,36,42-43,45-46H,13,18-20H2,1-12H3/t21-,22-,23+,24-,25-,26?,29+,30-,31+,32-,33-,34-,36+,37-,38-/m1/s1. The van der Waals surface area contributed by atoms with Crippen molar-refractivity contribution in [2.24, 2.45) is 17.8 Å². The van der Waals surface area contributed by atoms with Gasteiger partial charge in [0.25, 0.3) is 0 Å². The van der Waals surface area contributed by atoms with Crippen molar-refractivity contribution in [2.45, 2.75) is 154 Å². The van der Waals surface area contributed by atoms with Crippen molar-refractivity contribution >= 4 is 28.6 Å². The van der Waals surface area contributed by atoms with E-state index in [2.05, 4.69) is 27.5 Å². The Morgan fingerprint density at radius 1 is 1.08 bits per heavy atom. The van der Waals surface area contributed by atoms with E-state index in [1.807, 2.05) is 78.0 Å². The molecule has 0 aliphatic carbocycles. The van der Waals surface area contributed by atoms with Crippen LogP contribution in [0.1, 0.15) is 93.2 Å². The summed E-state index contributed by atoms with van der Waals surface area (Å²) in [6.45, 7) is 16.6. The third kappa shape index (κ3) is 10.4. The van der Waals surface area contributed by atoms with Gasteiger partial charge in [0.15, 0.2) is 6.29 Å². The fraction of sp³-hybridized carbons (Fsp3) is 0.816. The molecule has 2 aliphatic heterocycles. The number of rotatable bonds is 7. The molecule has 4 N–H and O–H groups in total. The van der Waals surface area contributed by atoms with E-state index in [1.165, 1.54) is 6.92 Å². The molecule has 11 nitrogen and oxygen atoms in total. The topological polar surface area (TPSA) is 141 Å². The Hall–Kier alpha value is -0.940. The number of halogens is 1. The molecule has 1 unspecified atom stereocenters. The van der Waals surface area contributed by atoms with Crippen molar-refractivity contribution < 1.29 is 44.2 Å². The Labute approximate surface area is 314 Å². The van der Waals surface area contributed by atoms with E-state index in [-0.39, 0.29) is 37.0 Å². The van der Waals surface area contributed by atoms with E-state index < -0.39 is 71.9 Å². The van der Waals surface area contributed by atoms with Gasteiger partial charge in [-0.05, 0) is 128 Å². The van der Waals surface area contributed by atoms with Crippen LogP contribution in [0, 0.1) is 21.3 Å². The minimum atomic E-state index is -1.75. The van der Waals surface area contributed by atoms with Crippen molar-refractivity contribution in [3.8, 4) is 0 Å². The number of esters is 1. The molecule has 0 bridgehead atoms. The Morgan fingerprint density at radius 2 is 1.68 bits per heavy atom. The Morgan fingerprint density at radius 3 is 2.24 bits per heavy atom. The molecule has 0 amide bonds. The number of carbonyl (C=O) groups excluding carboxylic acids is 1. The summed E-state index contributed by atoms with van der Waals surface area (Å²) in [4.78, 5) is 17.6. The molecule has 0 spiro atoms. The van der Waals surface area contributed by atoms with Crippen LogP contribution in [0.3, 0.4) is 0 Å². The van der Waals surface area contributed by atoms with Crippen LogP contribution in [0.4, 0.5) is 0 Å². The maximum Gasteiger partial charge on any atom is 0.311 e. The summed E-state index contributed by atoms with van der Waals surface area (Å²) in [5.41, 5.74) is -2.23. The van der Waals surface area contributed by atoms with Crippen molar-refractivity contribution in [1.82, 2.24) is 9.80 Å². The summed E-state index contributed by atoms with van der Waals surface area (Å²) in [5.74, 6) is -2.61. The van der Waals surface area contributed by atoms with Crippen molar-refractivity contribution in [2.75, 3.05) is 27.7 Å². The first-order valence-electron chi connectivity index (χ1n) is 18.2. The smallest absolute Gasteiger partial charge is 0.311 e. The SMILES string of the molecule is CC[C@H]1OC(=O)[C@H](C)[C@@H](O)[C@H](C)[C@@H](O[C@@H]2O[C@H](C)C[C@H](N(C)C)[C@H]2OC(C)c2ccc(I)cc2)[C@](C)(O)C[C@@H](C)CN(C)[C@H](C)[C@@H](O)[C@]1(C)O. The van der Waals surface area contributed by atoms with Crippen LogP contribution in [-0.4, -0.2) is 130 Å². The molecule has 288 valence electrons. The highest BCUT2D eigenvalue weighted by Gasteiger charge is 2.50. The van der Waals surface area contributed by atoms with Gasteiger partial charge in [0.2, 0.25) is 0 Å². The van der Waals surface area contributed by atoms with Crippen LogP contribution in [-0.2, 0) is 23.7 Å². The van der Waals surface area contributed by atoms with Gasteiger partial charge in [0, 0.05) is 28.1 Å². The molecule has 12 heteroatoms.